The molecule has 2 aromatic rings. The summed E-state index contributed by atoms with van der Waals surface area (Å²) in [4.78, 5) is 22.1. The summed E-state index contributed by atoms with van der Waals surface area (Å²) < 4.78 is 0. The number of nitrogens with zero attached hydrogens (tertiary/aromatic N) is 1. The summed E-state index contributed by atoms with van der Waals surface area (Å²) in [5, 5.41) is 5.78. The zero-order chi connectivity index (χ0) is 21.8. The first-order chi connectivity index (χ1) is 14.7. The van der Waals surface area contributed by atoms with E-state index in [1.807, 2.05) is 50.1 Å². The van der Waals surface area contributed by atoms with Gasteiger partial charge in [0.15, 0.2) is 5.78 Å². The van der Waals surface area contributed by atoms with Crippen LogP contribution in [0.25, 0.3) is 10.8 Å². The smallest absolute Gasteiger partial charge is 0.162 e. The van der Waals surface area contributed by atoms with E-state index in [9.17, 15) is 4.79 Å². The minimum absolute atomic E-state index is 0.204. The lowest BCUT2D eigenvalue weighted by molar-refractivity contribution is -0.0980. The fourth-order valence-corrected chi connectivity index (χ4v) is 4.62. The maximum absolute atomic E-state index is 11.5. The van der Waals surface area contributed by atoms with Crippen molar-refractivity contribution in [2.24, 2.45) is 11.8 Å². The standard InChI is InChI=1S/C13H12O.C12H24N2.CH2O/c1-2-13(14)12-8-7-10-5-3-4-6-11(10)9-12;1-2-14-9-5-12(6-10-14)11-3-7-13-8-4-11;1-2/h3-9H,2H2,1H3;11-13H,2-10H2,1H3;1H2. The van der Waals surface area contributed by atoms with E-state index in [0.29, 0.717) is 6.42 Å². The highest BCUT2D eigenvalue weighted by atomic mass is 16.1. The Hall–Kier alpha value is -2.04. The lowest BCUT2D eigenvalue weighted by Gasteiger charge is -2.37. The Morgan fingerprint density at radius 3 is 2.13 bits per heavy atom. The van der Waals surface area contributed by atoms with Gasteiger partial charge in [0.2, 0.25) is 0 Å². The van der Waals surface area contributed by atoms with Crippen LogP contribution >= 0.6 is 0 Å². The van der Waals surface area contributed by atoms with Gasteiger partial charge in [0.25, 0.3) is 0 Å². The largest absolute Gasteiger partial charge is 0.317 e. The average Bonchev–Trinajstić information content (AvgIpc) is 2.85. The second-order valence-corrected chi connectivity index (χ2v) is 8.20. The minimum Gasteiger partial charge on any atom is -0.317 e. The van der Waals surface area contributed by atoms with Gasteiger partial charge in [0.05, 0.1) is 0 Å². The van der Waals surface area contributed by atoms with E-state index in [2.05, 4.69) is 23.2 Å². The van der Waals surface area contributed by atoms with Gasteiger partial charge in [-0.15, -0.1) is 0 Å². The molecule has 0 aromatic heterocycles. The molecule has 0 aliphatic carbocycles. The van der Waals surface area contributed by atoms with Crippen LogP contribution < -0.4 is 5.32 Å². The summed E-state index contributed by atoms with van der Waals surface area (Å²) in [6, 6.07) is 13.9. The van der Waals surface area contributed by atoms with Crippen LogP contribution in [0.4, 0.5) is 0 Å². The Bertz CT molecular complexity index is 762. The molecule has 0 unspecified atom stereocenters. The van der Waals surface area contributed by atoms with Crippen molar-refractivity contribution in [2.75, 3.05) is 32.7 Å². The van der Waals surface area contributed by atoms with Crippen LogP contribution in [0.2, 0.25) is 0 Å². The van der Waals surface area contributed by atoms with Crippen molar-refractivity contribution in [3.8, 4) is 0 Å². The van der Waals surface area contributed by atoms with Gasteiger partial charge >= 0.3 is 0 Å². The molecule has 164 valence electrons. The third-order valence-electron chi connectivity index (χ3n) is 6.52. The fourth-order valence-electron chi connectivity index (χ4n) is 4.62. The number of Topliss-reactive ketones (excluding diaryl/α,β-unsaturated/α-hetero) is 1. The number of fused-ring (bicyclic) bond motifs is 1. The number of carbonyl (C=O) groups is 2. The average molecular weight is 411 g/mol. The summed E-state index contributed by atoms with van der Waals surface area (Å²) in [6.45, 7) is 12.6. The zero-order valence-electron chi connectivity index (χ0n) is 18.7. The third-order valence-corrected chi connectivity index (χ3v) is 6.52. The van der Waals surface area contributed by atoms with Crippen LogP contribution in [-0.4, -0.2) is 50.2 Å². The molecule has 4 nitrogen and oxygen atoms in total. The molecule has 1 N–H and O–H groups in total. The van der Waals surface area contributed by atoms with Crippen LogP contribution in [0.1, 0.15) is 56.3 Å². The van der Waals surface area contributed by atoms with E-state index in [0.717, 1.165) is 22.8 Å². The Morgan fingerprint density at radius 2 is 1.53 bits per heavy atom. The van der Waals surface area contributed by atoms with E-state index >= 15 is 0 Å². The second-order valence-electron chi connectivity index (χ2n) is 8.20. The molecule has 0 saturated carbocycles. The van der Waals surface area contributed by atoms with Crippen molar-refractivity contribution in [2.45, 2.75) is 46.0 Å². The summed E-state index contributed by atoms with van der Waals surface area (Å²) in [5.74, 6) is 2.28. The van der Waals surface area contributed by atoms with Gasteiger partial charge in [-0.05, 0) is 87.1 Å². The van der Waals surface area contributed by atoms with E-state index in [1.54, 1.807) is 0 Å². The second kappa shape index (κ2) is 13.3. The predicted molar refractivity (Wildman–Crippen MR) is 126 cm³/mol. The molecule has 2 aliphatic heterocycles. The molecule has 2 saturated heterocycles. The molecule has 2 heterocycles. The van der Waals surface area contributed by atoms with Crippen LogP contribution in [0.3, 0.4) is 0 Å². The van der Waals surface area contributed by atoms with Crippen LogP contribution in [0, 0.1) is 11.8 Å². The first-order valence-electron chi connectivity index (χ1n) is 11.4. The molecule has 4 rings (SSSR count). The first-order valence-corrected chi connectivity index (χ1v) is 11.4. The van der Waals surface area contributed by atoms with E-state index in [4.69, 9.17) is 4.79 Å². The molecule has 0 bridgehead atoms. The number of piperidine rings is 2. The summed E-state index contributed by atoms with van der Waals surface area (Å²) in [7, 11) is 0. The molecule has 0 atom stereocenters. The minimum atomic E-state index is 0.204. The van der Waals surface area contributed by atoms with Gasteiger partial charge in [-0.3, -0.25) is 4.79 Å². The van der Waals surface area contributed by atoms with Crippen LogP contribution in [0.15, 0.2) is 42.5 Å². The molecule has 0 radical (unpaired) electrons. The summed E-state index contributed by atoms with van der Waals surface area (Å²) >= 11 is 0. The molecule has 2 aromatic carbocycles. The highest BCUT2D eigenvalue weighted by Gasteiger charge is 2.26. The number of benzene rings is 2. The monoisotopic (exact) mass is 410 g/mol. The SMILES string of the molecule is C=O.CCC(=O)c1ccc2ccccc2c1.CCN1CCC(C2CCNCC2)CC1. The number of rotatable bonds is 4. The van der Waals surface area contributed by atoms with Gasteiger partial charge in [0.1, 0.15) is 6.79 Å². The normalized spacial score (nSPS) is 18.1. The number of hydrogen-bond acceptors (Lipinski definition) is 4. The van der Waals surface area contributed by atoms with Gasteiger partial charge in [-0.2, -0.15) is 0 Å². The Morgan fingerprint density at radius 1 is 0.933 bits per heavy atom. The Balaban J connectivity index is 0.000000197. The number of carbonyl (C=O) groups excluding carboxylic acids is 2. The molecule has 0 amide bonds. The van der Waals surface area contributed by atoms with Crippen molar-refractivity contribution >= 4 is 23.3 Å². The molecule has 4 heteroatoms. The van der Waals surface area contributed by atoms with Crippen molar-refractivity contribution in [3.63, 3.8) is 0 Å². The van der Waals surface area contributed by atoms with Crippen LogP contribution in [0.5, 0.6) is 0 Å². The number of nitrogens with one attached hydrogen (secondary N) is 1. The third kappa shape index (κ3) is 7.03. The lowest BCUT2D eigenvalue weighted by Crippen LogP contribution is -2.39. The van der Waals surface area contributed by atoms with Crippen LogP contribution in [-0.2, 0) is 4.79 Å². The first kappa shape index (κ1) is 24.2. The number of hydrogen-bond donors (Lipinski definition) is 1. The molecular formula is C26H38N2O2. The zero-order valence-corrected chi connectivity index (χ0v) is 18.7. The van der Waals surface area contributed by atoms with E-state index < -0.39 is 0 Å². The molecule has 2 aliphatic rings. The van der Waals surface area contributed by atoms with E-state index in [-0.39, 0.29) is 5.78 Å². The van der Waals surface area contributed by atoms with Gasteiger partial charge in [-0.25, -0.2) is 0 Å². The van der Waals surface area contributed by atoms with Crippen molar-refractivity contribution in [1.29, 1.82) is 0 Å². The molecular weight excluding hydrogens is 372 g/mol. The van der Waals surface area contributed by atoms with Crippen molar-refractivity contribution < 1.29 is 9.59 Å². The van der Waals surface area contributed by atoms with Crippen molar-refractivity contribution in [1.82, 2.24) is 10.2 Å². The highest BCUT2D eigenvalue weighted by Crippen LogP contribution is 2.30. The maximum atomic E-state index is 11.5. The van der Waals surface area contributed by atoms with Crippen molar-refractivity contribution in [3.05, 3.63) is 48.0 Å². The lowest BCUT2D eigenvalue weighted by atomic mass is 9.79. The Kier molecular flexibility index (Phi) is 10.7. The quantitative estimate of drug-likeness (QED) is 0.724. The Labute approximate surface area is 182 Å². The molecule has 30 heavy (non-hydrogen) atoms. The molecule has 2 fully saturated rings. The number of ketones is 1. The fraction of sp³-hybridized carbons (Fsp3) is 0.538. The maximum Gasteiger partial charge on any atom is 0.162 e. The summed E-state index contributed by atoms with van der Waals surface area (Å²) in [5.41, 5.74) is 0.811. The number of likely N-dealkylation sites (tertiary alicyclic amines) is 1. The predicted octanol–water partition coefficient (Wildman–Crippen LogP) is 4.97. The van der Waals surface area contributed by atoms with Gasteiger partial charge in [-0.1, -0.05) is 50.2 Å². The molecule has 0 spiro atoms. The summed E-state index contributed by atoms with van der Waals surface area (Å²) in [6.07, 6.45) is 6.34. The van der Waals surface area contributed by atoms with E-state index in [1.165, 1.54) is 63.8 Å². The highest BCUT2D eigenvalue weighted by molar-refractivity contribution is 5.99. The topological polar surface area (TPSA) is 49.4 Å². The van der Waals surface area contributed by atoms with Gasteiger partial charge in [0, 0.05) is 12.0 Å². The van der Waals surface area contributed by atoms with Gasteiger partial charge < -0.3 is 15.0 Å².